The second-order valence-electron chi connectivity index (χ2n) is 8.89. The molecule has 7 nitrogen and oxygen atoms in total. The molecule has 34 heavy (non-hydrogen) atoms. The summed E-state index contributed by atoms with van der Waals surface area (Å²) in [6.45, 7) is 5.34. The average molecular weight is 545 g/mol. The summed E-state index contributed by atoms with van der Waals surface area (Å²) in [5.74, 6) is 1.44. The van der Waals surface area contributed by atoms with Gasteiger partial charge in [0.2, 0.25) is 17.6 Å². The first-order valence-corrected chi connectivity index (χ1v) is 12.8. The number of carbonyl (C=O) groups is 1. The number of benzene rings is 2. The fraction of sp³-hybridized carbons (Fsp3) is 0.400. The molecule has 2 aliphatic heterocycles. The van der Waals surface area contributed by atoms with Gasteiger partial charge in [0, 0.05) is 53.5 Å². The first-order valence-electron chi connectivity index (χ1n) is 11.7. The molecule has 0 aliphatic carbocycles. The van der Waals surface area contributed by atoms with Crippen molar-refractivity contribution in [2.24, 2.45) is 5.92 Å². The average Bonchev–Trinajstić information content (AvgIpc) is 3.32. The van der Waals surface area contributed by atoms with Crippen LogP contribution in [-0.2, 0) is 11.3 Å². The lowest BCUT2D eigenvalue weighted by Crippen LogP contribution is -2.52. The molecule has 1 unspecified atom stereocenters. The minimum absolute atomic E-state index is 0.0129. The van der Waals surface area contributed by atoms with E-state index in [0.29, 0.717) is 18.3 Å². The lowest BCUT2D eigenvalue weighted by Gasteiger charge is -2.39. The second kappa shape index (κ2) is 10.5. The number of piperidine rings is 1. The van der Waals surface area contributed by atoms with E-state index in [1.807, 2.05) is 47.4 Å². The predicted octanol–water partition coefficient (Wildman–Crippen LogP) is 4.71. The summed E-state index contributed by atoms with van der Waals surface area (Å²) in [6, 6.07) is 15.8. The van der Waals surface area contributed by atoms with Gasteiger partial charge in [0.25, 0.3) is 0 Å². The van der Waals surface area contributed by atoms with E-state index in [1.165, 1.54) is 0 Å². The van der Waals surface area contributed by atoms with Crippen molar-refractivity contribution in [3.8, 4) is 11.4 Å². The van der Waals surface area contributed by atoms with E-state index in [-0.39, 0.29) is 11.8 Å². The molecule has 2 fully saturated rings. The van der Waals surface area contributed by atoms with E-state index < -0.39 is 0 Å². The van der Waals surface area contributed by atoms with Crippen LogP contribution in [0.5, 0.6) is 0 Å². The standard InChI is InChI=1S/C25H27BrClN5O2/c26-20-6-1-4-18(14-20)24-28-23(34-29-24)17-30-9-3-5-19(16-30)25(33)32-12-10-31(11-13-32)22-8-2-7-21(27)15-22/h1-2,4,6-8,14-15,19H,3,5,9-13,16-17H2. The van der Waals surface area contributed by atoms with Gasteiger partial charge >= 0.3 is 0 Å². The zero-order chi connectivity index (χ0) is 23.5. The van der Waals surface area contributed by atoms with E-state index >= 15 is 0 Å². The van der Waals surface area contributed by atoms with Crippen LogP contribution in [0.25, 0.3) is 11.4 Å². The summed E-state index contributed by atoms with van der Waals surface area (Å²) in [5.41, 5.74) is 2.03. The smallest absolute Gasteiger partial charge is 0.241 e. The largest absolute Gasteiger partial charge is 0.368 e. The quantitative estimate of drug-likeness (QED) is 0.463. The van der Waals surface area contributed by atoms with Crippen LogP contribution in [0, 0.1) is 5.92 Å². The normalized spacial score (nSPS) is 19.4. The van der Waals surface area contributed by atoms with Gasteiger partial charge in [0.15, 0.2) is 0 Å². The summed E-state index contributed by atoms with van der Waals surface area (Å²) >= 11 is 9.62. The van der Waals surface area contributed by atoms with Crippen molar-refractivity contribution in [1.29, 1.82) is 0 Å². The highest BCUT2D eigenvalue weighted by Crippen LogP contribution is 2.25. The molecule has 1 aromatic heterocycles. The fourth-order valence-electron chi connectivity index (χ4n) is 4.77. The Morgan fingerprint density at radius 1 is 1.09 bits per heavy atom. The van der Waals surface area contributed by atoms with Crippen LogP contribution in [0.2, 0.25) is 5.02 Å². The highest BCUT2D eigenvalue weighted by molar-refractivity contribution is 9.10. The molecule has 0 spiro atoms. The van der Waals surface area contributed by atoms with Crippen LogP contribution in [0.3, 0.4) is 0 Å². The van der Waals surface area contributed by atoms with E-state index in [0.717, 1.165) is 72.9 Å². The molecule has 2 aromatic carbocycles. The van der Waals surface area contributed by atoms with Crippen molar-refractivity contribution in [2.75, 3.05) is 44.2 Å². The van der Waals surface area contributed by atoms with Crippen molar-refractivity contribution in [3.63, 3.8) is 0 Å². The maximum atomic E-state index is 13.3. The van der Waals surface area contributed by atoms with Gasteiger partial charge in [-0.25, -0.2) is 0 Å². The number of hydrogen-bond donors (Lipinski definition) is 0. The number of amides is 1. The van der Waals surface area contributed by atoms with Gasteiger partial charge in [-0.15, -0.1) is 0 Å². The van der Waals surface area contributed by atoms with Crippen LogP contribution in [0.1, 0.15) is 18.7 Å². The van der Waals surface area contributed by atoms with Crippen molar-refractivity contribution >= 4 is 39.1 Å². The van der Waals surface area contributed by atoms with Crippen LogP contribution in [0.15, 0.2) is 57.5 Å². The first kappa shape index (κ1) is 23.3. The Kier molecular flexibility index (Phi) is 7.18. The van der Waals surface area contributed by atoms with Gasteiger partial charge in [-0.3, -0.25) is 9.69 Å². The molecule has 3 heterocycles. The van der Waals surface area contributed by atoms with Crippen LogP contribution in [-0.4, -0.2) is 65.1 Å². The molecule has 9 heteroatoms. The number of aromatic nitrogens is 2. The maximum Gasteiger partial charge on any atom is 0.241 e. The number of anilines is 1. The van der Waals surface area contributed by atoms with E-state index in [2.05, 4.69) is 41.9 Å². The highest BCUT2D eigenvalue weighted by atomic mass is 79.9. The molecule has 0 bridgehead atoms. The van der Waals surface area contributed by atoms with Gasteiger partial charge < -0.3 is 14.3 Å². The summed E-state index contributed by atoms with van der Waals surface area (Å²) < 4.78 is 6.48. The minimum Gasteiger partial charge on any atom is -0.368 e. The number of piperazine rings is 1. The third-order valence-corrected chi connectivity index (χ3v) is 7.26. The zero-order valence-electron chi connectivity index (χ0n) is 18.9. The Morgan fingerprint density at radius 3 is 2.71 bits per heavy atom. The minimum atomic E-state index is 0.0129. The molecule has 5 rings (SSSR count). The molecule has 2 saturated heterocycles. The molecule has 0 radical (unpaired) electrons. The van der Waals surface area contributed by atoms with Crippen molar-refractivity contribution < 1.29 is 9.32 Å². The van der Waals surface area contributed by atoms with Crippen molar-refractivity contribution in [3.05, 3.63) is 63.9 Å². The number of carbonyl (C=O) groups excluding carboxylic acids is 1. The third-order valence-electron chi connectivity index (χ3n) is 6.53. The van der Waals surface area contributed by atoms with Crippen LogP contribution in [0.4, 0.5) is 5.69 Å². The summed E-state index contributed by atoms with van der Waals surface area (Å²) in [4.78, 5) is 24.4. The molecular weight excluding hydrogens is 518 g/mol. The Labute approximate surface area is 212 Å². The van der Waals surface area contributed by atoms with E-state index in [9.17, 15) is 4.79 Å². The summed E-state index contributed by atoms with van der Waals surface area (Å²) in [5, 5.41) is 4.88. The number of rotatable bonds is 5. The molecule has 1 atom stereocenters. The Morgan fingerprint density at radius 2 is 1.91 bits per heavy atom. The second-order valence-corrected chi connectivity index (χ2v) is 10.2. The highest BCUT2D eigenvalue weighted by Gasteiger charge is 2.31. The molecular formula is C25H27BrClN5O2. The topological polar surface area (TPSA) is 65.7 Å². The Bertz CT molecular complexity index is 1150. The van der Waals surface area contributed by atoms with Gasteiger partial charge in [-0.05, 0) is 49.7 Å². The lowest BCUT2D eigenvalue weighted by molar-refractivity contribution is -0.137. The number of nitrogens with zero attached hydrogens (tertiary/aromatic N) is 5. The maximum absolute atomic E-state index is 13.3. The van der Waals surface area contributed by atoms with Gasteiger partial charge in [-0.1, -0.05) is 50.9 Å². The summed E-state index contributed by atoms with van der Waals surface area (Å²) in [7, 11) is 0. The SMILES string of the molecule is O=C(C1CCCN(Cc2nc(-c3cccc(Br)c3)no2)C1)N1CCN(c2cccc(Cl)c2)CC1. The Hall–Kier alpha value is -2.42. The van der Waals surface area contributed by atoms with E-state index in [1.54, 1.807) is 0 Å². The molecule has 0 saturated carbocycles. The number of likely N-dealkylation sites (tertiary alicyclic amines) is 1. The van der Waals surface area contributed by atoms with Crippen LogP contribution < -0.4 is 4.90 Å². The number of hydrogen-bond acceptors (Lipinski definition) is 6. The molecule has 178 valence electrons. The van der Waals surface area contributed by atoms with Crippen LogP contribution >= 0.6 is 27.5 Å². The predicted molar refractivity (Wildman–Crippen MR) is 136 cm³/mol. The fourth-order valence-corrected chi connectivity index (χ4v) is 5.36. The lowest BCUT2D eigenvalue weighted by atomic mass is 9.96. The van der Waals surface area contributed by atoms with Crippen molar-refractivity contribution in [1.82, 2.24) is 19.9 Å². The molecule has 3 aromatic rings. The summed E-state index contributed by atoms with van der Waals surface area (Å²) in [6.07, 6.45) is 1.92. The molecule has 1 amide bonds. The third kappa shape index (κ3) is 5.45. The van der Waals surface area contributed by atoms with Gasteiger partial charge in [0.05, 0.1) is 12.5 Å². The van der Waals surface area contributed by atoms with Gasteiger partial charge in [0.1, 0.15) is 0 Å². The molecule has 2 aliphatic rings. The van der Waals surface area contributed by atoms with E-state index in [4.69, 9.17) is 16.1 Å². The first-order chi connectivity index (χ1) is 16.5. The zero-order valence-corrected chi connectivity index (χ0v) is 21.2. The number of halogens is 2. The Balaban J connectivity index is 1.15. The van der Waals surface area contributed by atoms with Crippen molar-refractivity contribution in [2.45, 2.75) is 19.4 Å². The monoisotopic (exact) mass is 543 g/mol. The molecule has 0 N–H and O–H groups in total. The van der Waals surface area contributed by atoms with Gasteiger partial charge in [-0.2, -0.15) is 4.98 Å².